The number of ether oxygens (including phenoxy) is 1. The van der Waals surface area contributed by atoms with Crippen LogP contribution in [0.25, 0.3) is 6.08 Å². The van der Waals surface area contributed by atoms with Gasteiger partial charge in [0.25, 0.3) is 0 Å². The van der Waals surface area contributed by atoms with Crippen LogP contribution in [-0.2, 0) is 6.61 Å². The minimum atomic E-state index is -0.601. The molecule has 0 unspecified atom stereocenters. The molecule has 0 fully saturated rings. The molecule has 1 heterocycles. The molecule has 7 nitrogen and oxygen atoms in total. The van der Waals surface area contributed by atoms with E-state index in [1.807, 2.05) is 0 Å². The molecule has 0 spiro atoms. The first-order valence-electron chi connectivity index (χ1n) is 6.28. The van der Waals surface area contributed by atoms with Gasteiger partial charge < -0.3 is 9.84 Å². The smallest absolute Gasteiger partial charge is 0.345 e. The summed E-state index contributed by atoms with van der Waals surface area (Å²) in [7, 11) is 0. The number of esters is 1. The van der Waals surface area contributed by atoms with Crippen molar-refractivity contribution in [3.63, 3.8) is 0 Å². The van der Waals surface area contributed by atoms with E-state index >= 15 is 0 Å². The molecule has 112 valence electrons. The normalized spacial score (nSPS) is 10.6. The van der Waals surface area contributed by atoms with Gasteiger partial charge in [0, 0.05) is 24.0 Å². The molecular formula is C15H12N2O5. The number of benzene rings is 1. The number of carbonyl (C=O) groups excluding carboxylic acids is 1. The van der Waals surface area contributed by atoms with Gasteiger partial charge in [0.15, 0.2) is 0 Å². The topological polar surface area (TPSA) is 103 Å². The lowest BCUT2D eigenvalue weighted by Crippen LogP contribution is -2.10. The van der Waals surface area contributed by atoms with Gasteiger partial charge in [-0.1, -0.05) is 6.07 Å². The predicted octanol–water partition coefficient (Wildman–Crippen LogP) is 2.04. The van der Waals surface area contributed by atoms with Crippen molar-refractivity contribution < 1.29 is 19.6 Å². The number of hydrogen-bond acceptors (Lipinski definition) is 6. The summed E-state index contributed by atoms with van der Waals surface area (Å²) in [4.78, 5) is 25.5. The lowest BCUT2D eigenvalue weighted by Gasteiger charge is -2.09. The fourth-order valence-corrected chi connectivity index (χ4v) is 1.72. The van der Waals surface area contributed by atoms with Crippen LogP contribution in [0.1, 0.15) is 21.5 Å². The van der Waals surface area contributed by atoms with Crippen molar-refractivity contribution in [2.24, 2.45) is 0 Å². The average molecular weight is 300 g/mol. The molecule has 1 N–H and O–H groups in total. The minimum Gasteiger partial charge on any atom is -0.423 e. The Balaban J connectivity index is 2.21. The second-order valence-corrected chi connectivity index (χ2v) is 4.26. The van der Waals surface area contributed by atoms with E-state index in [1.165, 1.54) is 30.6 Å². The largest absolute Gasteiger partial charge is 0.423 e. The molecule has 2 rings (SSSR count). The maximum atomic E-state index is 11.9. The van der Waals surface area contributed by atoms with Gasteiger partial charge in [-0.3, -0.25) is 15.1 Å². The van der Waals surface area contributed by atoms with Gasteiger partial charge in [-0.2, -0.15) is 0 Å². The molecular weight excluding hydrogens is 288 g/mol. The van der Waals surface area contributed by atoms with Crippen molar-refractivity contribution in [2.75, 3.05) is 0 Å². The molecule has 0 aliphatic carbocycles. The fourth-order valence-electron chi connectivity index (χ4n) is 1.72. The van der Waals surface area contributed by atoms with Crippen LogP contribution in [0.2, 0.25) is 0 Å². The Morgan fingerprint density at radius 1 is 1.41 bits per heavy atom. The number of aliphatic hydroxyl groups is 1. The fraction of sp³-hybridized carbons (Fsp3) is 0.0667. The Bertz CT molecular complexity index is 713. The Hall–Kier alpha value is -3.06. The molecule has 1 aromatic carbocycles. The lowest BCUT2D eigenvalue weighted by atomic mass is 10.1. The highest BCUT2D eigenvalue weighted by Crippen LogP contribution is 2.22. The Morgan fingerprint density at radius 2 is 2.23 bits per heavy atom. The zero-order valence-corrected chi connectivity index (χ0v) is 11.4. The SMILES string of the molecule is O=C(Oc1ccc(/C=C/[N+](=O)[O-])cc1CO)c1cccnc1. The maximum absolute atomic E-state index is 11.9. The van der Waals surface area contributed by atoms with E-state index < -0.39 is 10.9 Å². The molecule has 22 heavy (non-hydrogen) atoms. The second-order valence-electron chi connectivity index (χ2n) is 4.26. The summed E-state index contributed by atoms with van der Waals surface area (Å²) in [5.41, 5.74) is 1.15. The Morgan fingerprint density at radius 3 is 2.86 bits per heavy atom. The van der Waals surface area contributed by atoms with E-state index in [-0.39, 0.29) is 17.9 Å². The van der Waals surface area contributed by atoms with E-state index in [0.717, 1.165) is 6.20 Å². The van der Waals surface area contributed by atoms with Crippen molar-refractivity contribution >= 4 is 12.0 Å². The average Bonchev–Trinajstić information content (AvgIpc) is 2.54. The van der Waals surface area contributed by atoms with E-state index in [1.54, 1.807) is 18.2 Å². The highest BCUT2D eigenvalue weighted by molar-refractivity contribution is 5.90. The number of nitrogens with zero attached hydrogens (tertiary/aromatic N) is 2. The molecule has 0 bridgehead atoms. The highest BCUT2D eigenvalue weighted by atomic mass is 16.6. The summed E-state index contributed by atoms with van der Waals surface area (Å²) in [6.45, 7) is -0.365. The number of aliphatic hydroxyl groups excluding tert-OH is 1. The molecule has 2 aromatic rings. The van der Waals surface area contributed by atoms with Crippen molar-refractivity contribution in [3.8, 4) is 5.75 Å². The quantitative estimate of drug-likeness (QED) is 0.392. The van der Waals surface area contributed by atoms with E-state index in [4.69, 9.17) is 4.74 Å². The first-order valence-corrected chi connectivity index (χ1v) is 6.28. The highest BCUT2D eigenvalue weighted by Gasteiger charge is 2.12. The zero-order chi connectivity index (χ0) is 15.9. The maximum Gasteiger partial charge on any atom is 0.345 e. The van der Waals surface area contributed by atoms with E-state index in [2.05, 4.69) is 4.98 Å². The van der Waals surface area contributed by atoms with Crippen LogP contribution in [0.5, 0.6) is 5.75 Å². The van der Waals surface area contributed by atoms with Crippen molar-refractivity contribution in [1.82, 2.24) is 4.98 Å². The van der Waals surface area contributed by atoms with Crippen LogP contribution >= 0.6 is 0 Å². The number of rotatable bonds is 5. The molecule has 0 aliphatic heterocycles. The molecule has 0 amide bonds. The van der Waals surface area contributed by atoms with E-state index in [0.29, 0.717) is 11.1 Å². The van der Waals surface area contributed by atoms with Crippen LogP contribution in [-0.4, -0.2) is 21.0 Å². The van der Waals surface area contributed by atoms with Crippen molar-refractivity contribution in [3.05, 3.63) is 75.7 Å². The number of nitro groups is 1. The van der Waals surface area contributed by atoms with Gasteiger partial charge in [-0.05, 0) is 29.8 Å². The van der Waals surface area contributed by atoms with Gasteiger partial charge in [-0.15, -0.1) is 0 Å². The minimum absolute atomic E-state index is 0.189. The molecule has 0 saturated heterocycles. The number of carbonyl (C=O) groups is 1. The van der Waals surface area contributed by atoms with Gasteiger partial charge >= 0.3 is 5.97 Å². The molecule has 0 aliphatic rings. The third-order valence-electron chi connectivity index (χ3n) is 2.74. The van der Waals surface area contributed by atoms with Crippen molar-refractivity contribution in [2.45, 2.75) is 6.61 Å². The number of hydrogen-bond donors (Lipinski definition) is 1. The van der Waals surface area contributed by atoms with Crippen LogP contribution in [0.3, 0.4) is 0 Å². The summed E-state index contributed by atoms with van der Waals surface area (Å²) in [5.74, 6) is -0.411. The third kappa shape index (κ3) is 3.97. The van der Waals surface area contributed by atoms with Crippen LogP contribution in [0.4, 0.5) is 0 Å². The van der Waals surface area contributed by atoms with Gasteiger partial charge in [0.1, 0.15) is 5.75 Å². The standard InChI is InChI=1S/C15H12N2O5/c18-10-13-8-11(5-7-17(20)21)3-4-14(13)22-15(19)12-2-1-6-16-9-12/h1-9,18H,10H2/b7-5+. The van der Waals surface area contributed by atoms with Crippen molar-refractivity contribution in [1.29, 1.82) is 0 Å². The van der Waals surface area contributed by atoms with Crippen LogP contribution in [0, 0.1) is 10.1 Å². The summed E-state index contributed by atoms with van der Waals surface area (Å²) in [5, 5.41) is 19.6. The molecule has 0 radical (unpaired) electrons. The third-order valence-corrected chi connectivity index (χ3v) is 2.74. The first kappa shape index (κ1) is 15.3. The zero-order valence-electron chi connectivity index (χ0n) is 11.4. The first-order chi connectivity index (χ1) is 10.6. The predicted molar refractivity (Wildman–Crippen MR) is 77.6 cm³/mol. The molecule has 0 atom stereocenters. The Kier molecular flexibility index (Phi) is 4.94. The Labute approximate surface area is 125 Å². The summed E-state index contributed by atoms with van der Waals surface area (Å²) in [6, 6.07) is 7.69. The molecule has 0 saturated carbocycles. The van der Waals surface area contributed by atoms with Gasteiger partial charge in [0.2, 0.25) is 6.20 Å². The molecule has 7 heteroatoms. The number of aromatic nitrogens is 1. The number of pyridine rings is 1. The second kappa shape index (κ2) is 7.09. The summed E-state index contributed by atoms with van der Waals surface area (Å²) >= 11 is 0. The lowest BCUT2D eigenvalue weighted by molar-refractivity contribution is -0.400. The van der Waals surface area contributed by atoms with Crippen LogP contribution in [0.15, 0.2) is 48.9 Å². The van der Waals surface area contributed by atoms with Crippen LogP contribution < -0.4 is 4.74 Å². The monoisotopic (exact) mass is 300 g/mol. The molecule has 1 aromatic heterocycles. The van der Waals surface area contributed by atoms with Gasteiger partial charge in [0.05, 0.1) is 17.1 Å². The summed E-state index contributed by atoms with van der Waals surface area (Å²) in [6.07, 6.45) is 4.98. The summed E-state index contributed by atoms with van der Waals surface area (Å²) < 4.78 is 5.21. The van der Waals surface area contributed by atoms with Gasteiger partial charge in [-0.25, -0.2) is 4.79 Å². The van der Waals surface area contributed by atoms with E-state index in [9.17, 15) is 20.0 Å².